The Morgan fingerprint density at radius 3 is 2.64 bits per heavy atom. The van der Waals surface area contributed by atoms with E-state index in [4.69, 9.17) is 4.99 Å². The van der Waals surface area contributed by atoms with E-state index in [1.54, 1.807) is 11.3 Å². The van der Waals surface area contributed by atoms with Gasteiger partial charge < -0.3 is 15.2 Å². The molecule has 1 fully saturated rings. The molecule has 1 saturated heterocycles. The fourth-order valence-corrected chi connectivity index (χ4v) is 4.03. The summed E-state index contributed by atoms with van der Waals surface area (Å²) in [5.74, 6) is 1.61. The molecule has 0 bridgehead atoms. The molecule has 2 N–H and O–H groups in total. The third-order valence-electron chi connectivity index (χ3n) is 4.94. The highest BCUT2D eigenvalue weighted by molar-refractivity contribution is 14.0. The molecule has 3 heterocycles. The molecule has 0 saturated carbocycles. The van der Waals surface area contributed by atoms with Gasteiger partial charge >= 0.3 is 0 Å². The molecule has 0 amide bonds. The minimum absolute atomic E-state index is 0. The van der Waals surface area contributed by atoms with Crippen LogP contribution in [0.1, 0.15) is 30.5 Å². The van der Waals surface area contributed by atoms with E-state index in [0.29, 0.717) is 5.92 Å². The highest BCUT2D eigenvalue weighted by Gasteiger charge is 2.19. The van der Waals surface area contributed by atoms with Crippen molar-refractivity contribution in [1.29, 1.82) is 0 Å². The molecular formula is C20H33IN6S. The van der Waals surface area contributed by atoms with E-state index in [0.717, 1.165) is 56.8 Å². The van der Waals surface area contributed by atoms with E-state index in [1.165, 1.54) is 18.5 Å². The number of nitrogens with zero attached hydrogens (tertiary/aromatic N) is 4. The summed E-state index contributed by atoms with van der Waals surface area (Å²) in [6.07, 6.45) is 6.61. The van der Waals surface area contributed by atoms with E-state index in [2.05, 4.69) is 68.8 Å². The monoisotopic (exact) mass is 516 g/mol. The summed E-state index contributed by atoms with van der Waals surface area (Å²) in [5.41, 5.74) is 1.22. The van der Waals surface area contributed by atoms with Crippen molar-refractivity contribution < 1.29 is 0 Å². The van der Waals surface area contributed by atoms with Crippen molar-refractivity contribution in [2.45, 2.75) is 39.8 Å². The number of hydrogen-bond acceptors (Lipinski definition) is 4. The summed E-state index contributed by atoms with van der Waals surface area (Å²) < 4.78 is 2.18. The van der Waals surface area contributed by atoms with Gasteiger partial charge in [-0.2, -0.15) is 0 Å². The summed E-state index contributed by atoms with van der Waals surface area (Å²) in [7, 11) is 0. The number of piperidine rings is 1. The molecule has 28 heavy (non-hydrogen) atoms. The quantitative estimate of drug-likeness (QED) is 0.321. The van der Waals surface area contributed by atoms with E-state index in [1.807, 2.05) is 0 Å². The molecule has 2 aromatic rings. The second-order valence-electron chi connectivity index (χ2n) is 7.14. The predicted molar refractivity (Wildman–Crippen MR) is 129 cm³/mol. The second kappa shape index (κ2) is 12.4. The maximum Gasteiger partial charge on any atom is 0.191 e. The number of likely N-dealkylation sites (tertiary alicyclic amines) is 1. The third-order valence-corrected chi connectivity index (χ3v) is 5.76. The molecule has 156 valence electrons. The molecule has 0 atom stereocenters. The minimum atomic E-state index is 0. The molecule has 0 spiro atoms. The Kier molecular flexibility index (Phi) is 10.3. The summed E-state index contributed by atoms with van der Waals surface area (Å²) in [6.45, 7) is 11.1. The Hall–Kier alpha value is -1.13. The van der Waals surface area contributed by atoms with Gasteiger partial charge in [-0.15, -0.1) is 35.3 Å². The van der Waals surface area contributed by atoms with Gasteiger partial charge in [0.2, 0.25) is 0 Å². The topological polar surface area (TPSA) is 57.5 Å². The Balaban J connectivity index is 0.00000280. The van der Waals surface area contributed by atoms with Crippen molar-refractivity contribution >= 4 is 41.3 Å². The first-order chi connectivity index (χ1) is 13.2. The lowest BCUT2D eigenvalue weighted by Gasteiger charge is -2.30. The van der Waals surface area contributed by atoms with Crippen molar-refractivity contribution in [3.05, 3.63) is 40.6 Å². The lowest BCUT2D eigenvalue weighted by molar-refractivity contribution is 0.179. The number of thiazole rings is 1. The first-order valence-electron chi connectivity index (χ1n) is 9.99. The molecule has 1 aliphatic heterocycles. The first-order valence-corrected chi connectivity index (χ1v) is 10.9. The van der Waals surface area contributed by atoms with Gasteiger partial charge in [-0.3, -0.25) is 9.89 Å². The van der Waals surface area contributed by atoms with Crippen LogP contribution in [0.25, 0.3) is 0 Å². The van der Waals surface area contributed by atoms with Crippen molar-refractivity contribution in [1.82, 2.24) is 25.1 Å². The molecule has 6 nitrogen and oxygen atoms in total. The van der Waals surface area contributed by atoms with E-state index < -0.39 is 0 Å². The largest absolute Gasteiger partial charge is 0.357 e. The number of rotatable bonds is 8. The average Bonchev–Trinajstić information content (AvgIpc) is 3.33. The molecule has 0 aliphatic carbocycles. The van der Waals surface area contributed by atoms with Crippen LogP contribution in [0, 0.1) is 12.8 Å². The van der Waals surface area contributed by atoms with Crippen LogP contribution in [-0.2, 0) is 13.1 Å². The van der Waals surface area contributed by atoms with Crippen LogP contribution in [0.5, 0.6) is 0 Å². The summed E-state index contributed by atoms with van der Waals surface area (Å²) >= 11 is 1.74. The normalized spacial score (nSPS) is 16.0. The average molecular weight is 516 g/mol. The molecule has 3 rings (SSSR count). The van der Waals surface area contributed by atoms with Crippen LogP contribution in [0.15, 0.2) is 34.9 Å². The molecule has 1 aliphatic rings. The lowest BCUT2D eigenvalue weighted by atomic mass is 9.97. The van der Waals surface area contributed by atoms with Crippen molar-refractivity contribution in [2.24, 2.45) is 10.9 Å². The molecular weight excluding hydrogens is 483 g/mol. The highest BCUT2D eigenvalue weighted by atomic mass is 127. The Morgan fingerprint density at radius 1 is 1.25 bits per heavy atom. The first kappa shape index (κ1) is 23.2. The zero-order chi connectivity index (χ0) is 18.9. The Morgan fingerprint density at radius 2 is 2.00 bits per heavy atom. The number of guanidine groups is 1. The SMILES string of the molecule is CCNC(=NCC1CCN(Cc2csc(C)n2)CC1)NCCn1cccc1.I. The van der Waals surface area contributed by atoms with Gasteiger partial charge in [0.05, 0.1) is 10.7 Å². The molecule has 0 radical (unpaired) electrons. The van der Waals surface area contributed by atoms with E-state index >= 15 is 0 Å². The standard InChI is InChI=1S/C20H32N6S.HI/c1-3-21-20(22-8-13-25-9-4-5-10-25)23-14-18-6-11-26(12-7-18)15-19-16-27-17(2)24-19;/h4-5,9-10,16,18H,3,6-8,11-15H2,1-2H3,(H2,21,22,23);1H. The number of halogens is 1. The van der Waals surface area contributed by atoms with Crippen LogP contribution in [0.2, 0.25) is 0 Å². The van der Waals surface area contributed by atoms with Crippen LogP contribution < -0.4 is 10.6 Å². The van der Waals surface area contributed by atoms with Crippen molar-refractivity contribution in [3.8, 4) is 0 Å². The number of aryl methyl sites for hydroxylation is 1. The maximum absolute atomic E-state index is 4.82. The molecule has 8 heteroatoms. The minimum Gasteiger partial charge on any atom is -0.357 e. The maximum atomic E-state index is 4.82. The van der Waals surface area contributed by atoms with Gasteiger partial charge in [-0.25, -0.2) is 4.98 Å². The fourth-order valence-electron chi connectivity index (χ4n) is 3.42. The van der Waals surface area contributed by atoms with E-state index in [9.17, 15) is 0 Å². The number of aromatic nitrogens is 2. The van der Waals surface area contributed by atoms with Crippen molar-refractivity contribution in [3.63, 3.8) is 0 Å². The third kappa shape index (κ3) is 7.71. The smallest absolute Gasteiger partial charge is 0.191 e. The van der Waals surface area contributed by atoms with Crippen LogP contribution >= 0.6 is 35.3 Å². The van der Waals surface area contributed by atoms with Gasteiger partial charge in [0.15, 0.2) is 5.96 Å². The zero-order valence-corrected chi connectivity index (χ0v) is 20.1. The van der Waals surface area contributed by atoms with Crippen LogP contribution in [0.4, 0.5) is 0 Å². The summed E-state index contributed by atoms with van der Waals surface area (Å²) in [4.78, 5) is 11.9. The van der Waals surface area contributed by atoms with Crippen LogP contribution in [-0.4, -0.2) is 53.1 Å². The molecule has 0 aromatic carbocycles. The molecule has 2 aromatic heterocycles. The van der Waals surface area contributed by atoms with Gasteiger partial charge in [0.25, 0.3) is 0 Å². The highest BCUT2D eigenvalue weighted by Crippen LogP contribution is 2.20. The Bertz CT molecular complexity index is 691. The van der Waals surface area contributed by atoms with Gasteiger partial charge in [-0.05, 0) is 57.8 Å². The van der Waals surface area contributed by atoms with E-state index in [-0.39, 0.29) is 24.0 Å². The van der Waals surface area contributed by atoms with Crippen LogP contribution in [0.3, 0.4) is 0 Å². The Labute approximate surface area is 189 Å². The number of aliphatic imine (C=N–C) groups is 1. The number of nitrogens with one attached hydrogen (secondary N) is 2. The number of hydrogen-bond donors (Lipinski definition) is 2. The second-order valence-corrected chi connectivity index (χ2v) is 8.21. The van der Waals surface area contributed by atoms with Crippen molar-refractivity contribution in [2.75, 3.05) is 32.7 Å². The predicted octanol–water partition coefficient (Wildman–Crippen LogP) is 3.34. The van der Waals surface area contributed by atoms with Gasteiger partial charge in [-0.1, -0.05) is 0 Å². The zero-order valence-electron chi connectivity index (χ0n) is 16.9. The fraction of sp³-hybridized carbons (Fsp3) is 0.600. The summed E-state index contributed by atoms with van der Waals surface area (Å²) in [5, 5.41) is 10.2. The summed E-state index contributed by atoms with van der Waals surface area (Å²) in [6, 6.07) is 4.11. The molecule has 0 unspecified atom stereocenters. The van der Waals surface area contributed by atoms with Gasteiger partial charge in [0.1, 0.15) is 0 Å². The van der Waals surface area contributed by atoms with Gasteiger partial charge in [0, 0.05) is 50.5 Å². The lowest BCUT2D eigenvalue weighted by Crippen LogP contribution is -2.39.